The fourth-order valence-electron chi connectivity index (χ4n) is 5.96. The molecule has 3 heterocycles. The van der Waals surface area contributed by atoms with Gasteiger partial charge in [-0.05, 0) is 50.7 Å². The van der Waals surface area contributed by atoms with Crippen molar-refractivity contribution in [3.8, 4) is 0 Å². The van der Waals surface area contributed by atoms with Gasteiger partial charge in [0.1, 0.15) is 11.5 Å². The van der Waals surface area contributed by atoms with E-state index in [1.54, 1.807) is 12.3 Å². The second-order valence-corrected chi connectivity index (χ2v) is 8.94. The van der Waals surface area contributed by atoms with Crippen LogP contribution >= 0.6 is 0 Å². The Morgan fingerprint density at radius 2 is 2.07 bits per heavy atom. The molecule has 2 aromatic rings. The lowest BCUT2D eigenvalue weighted by atomic mass is 9.65. The van der Waals surface area contributed by atoms with E-state index in [0.717, 1.165) is 19.3 Å². The summed E-state index contributed by atoms with van der Waals surface area (Å²) in [7, 11) is 0. The first-order chi connectivity index (χ1) is 13.6. The fraction of sp³-hybridized carbons (Fsp3) is 0.522. The number of fused-ring (bicyclic) bond motifs is 1. The zero-order chi connectivity index (χ0) is 19.3. The Labute approximate surface area is 166 Å². The van der Waals surface area contributed by atoms with Crippen LogP contribution in [0.5, 0.6) is 0 Å². The van der Waals surface area contributed by atoms with Crippen LogP contribution in [0.2, 0.25) is 0 Å². The molecule has 3 fully saturated rings. The Bertz CT molecular complexity index is 885. The molecule has 3 aliphatic rings. The number of nitrogens with one attached hydrogen (secondary N) is 1. The standard InChI is InChI=1S/C23H28N4O/c1-15-24-12-11-17(25-15)22(28)27-19-14-23(2)20(9-6-10-21(23)27)26-18(19)13-16-7-4-3-5-8-16/h3-5,7-8,11-12,18-21,26H,6,9-10,13-14H2,1-2H3/t18-,19+,20-,21+,23-/m1/s1. The minimum Gasteiger partial charge on any atom is -0.329 e. The molecule has 2 bridgehead atoms. The van der Waals surface area contributed by atoms with E-state index in [1.165, 1.54) is 18.4 Å². The van der Waals surface area contributed by atoms with Gasteiger partial charge in [-0.15, -0.1) is 0 Å². The van der Waals surface area contributed by atoms with Crippen LogP contribution in [0.15, 0.2) is 42.6 Å². The highest BCUT2D eigenvalue weighted by atomic mass is 16.2. The molecule has 1 aromatic carbocycles. The van der Waals surface area contributed by atoms with E-state index in [1.807, 2.05) is 6.92 Å². The SMILES string of the molecule is Cc1nccc(C(=O)N2[C@H]3CCC[C@H]4N[C@H](Cc5ccccc5)[C@@H]2C[C@@]34C)n1. The highest BCUT2D eigenvalue weighted by Crippen LogP contribution is 2.53. The van der Waals surface area contributed by atoms with E-state index in [-0.39, 0.29) is 23.4 Å². The molecule has 0 spiro atoms. The van der Waals surface area contributed by atoms with Crippen molar-refractivity contribution in [3.63, 3.8) is 0 Å². The molecule has 2 saturated heterocycles. The second kappa shape index (κ2) is 6.66. The molecule has 0 unspecified atom stereocenters. The molecular weight excluding hydrogens is 348 g/mol. The third-order valence-electron chi connectivity index (χ3n) is 7.28. The summed E-state index contributed by atoms with van der Waals surface area (Å²) in [5.41, 5.74) is 2.02. The molecule has 28 heavy (non-hydrogen) atoms. The Morgan fingerprint density at radius 3 is 2.86 bits per heavy atom. The van der Waals surface area contributed by atoms with Gasteiger partial charge in [0.2, 0.25) is 0 Å². The Balaban J connectivity index is 1.51. The Hall–Kier alpha value is -2.27. The Morgan fingerprint density at radius 1 is 1.25 bits per heavy atom. The van der Waals surface area contributed by atoms with Crippen molar-refractivity contribution < 1.29 is 4.79 Å². The van der Waals surface area contributed by atoms with E-state index in [4.69, 9.17) is 0 Å². The smallest absolute Gasteiger partial charge is 0.273 e. The molecule has 2 aliphatic heterocycles. The number of aromatic nitrogens is 2. The normalized spacial score (nSPS) is 33.7. The predicted molar refractivity (Wildman–Crippen MR) is 108 cm³/mol. The van der Waals surface area contributed by atoms with Gasteiger partial charge >= 0.3 is 0 Å². The molecule has 1 N–H and O–H groups in total. The van der Waals surface area contributed by atoms with Crippen molar-refractivity contribution in [1.29, 1.82) is 0 Å². The number of piperidine rings is 1. The van der Waals surface area contributed by atoms with E-state index in [9.17, 15) is 4.79 Å². The number of carbonyl (C=O) groups excluding carboxylic acids is 1. The molecule has 146 valence electrons. The highest BCUT2D eigenvalue weighted by molar-refractivity contribution is 5.93. The molecule has 5 nitrogen and oxygen atoms in total. The third-order valence-corrected chi connectivity index (χ3v) is 7.28. The van der Waals surface area contributed by atoms with Gasteiger partial charge in [0.25, 0.3) is 5.91 Å². The van der Waals surface area contributed by atoms with E-state index in [0.29, 0.717) is 23.6 Å². The molecule has 1 aliphatic carbocycles. The lowest BCUT2D eigenvalue weighted by molar-refractivity contribution is 0.0553. The minimum atomic E-state index is 0.0756. The molecule has 1 amide bonds. The monoisotopic (exact) mass is 376 g/mol. The molecule has 5 heteroatoms. The molecule has 1 saturated carbocycles. The average molecular weight is 377 g/mol. The van der Waals surface area contributed by atoms with Crippen molar-refractivity contribution >= 4 is 5.91 Å². The van der Waals surface area contributed by atoms with Crippen LogP contribution in [0, 0.1) is 12.3 Å². The fourth-order valence-corrected chi connectivity index (χ4v) is 5.96. The number of nitrogens with zero attached hydrogens (tertiary/aromatic N) is 3. The molecule has 5 rings (SSSR count). The zero-order valence-corrected chi connectivity index (χ0v) is 16.6. The largest absolute Gasteiger partial charge is 0.329 e. The van der Waals surface area contributed by atoms with Gasteiger partial charge in [-0.3, -0.25) is 4.79 Å². The van der Waals surface area contributed by atoms with Gasteiger partial charge in [-0.1, -0.05) is 37.3 Å². The number of hydrogen-bond donors (Lipinski definition) is 1. The van der Waals surface area contributed by atoms with Crippen LogP contribution < -0.4 is 5.32 Å². The molecular formula is C23H28N4O. The highest BCUT2D eigenvalue weighted by Gasteiger charge is 2.61. The van der Waals surface area contributed by atoms with Crippen LogP contribution in [-0.2, 0) is 6.42 Å². The minimum absolute atomic E-state index is 0.0756. The van der Waals surface area contributed by atoms with E-state index in [2.05, 4.69) is 57.4 Å². The maximum Gasteiger partial charge on any atom is 0.273 e. The maximum absolute atomic E-state index is 13.6. The van der Waals surface area contributed by atoms with Crippen LogP contribution in [0.4, 0.5) is 0 Å². The first-order valence-corrected chi connectivity index (χ1v) is 10.5. The summed E-state index contributed by atoms with van der Waals surface area (Å²) < 4.78 is 0. The van der Waals surface area contributed by atoms with Gasteiger partial charge in [-0.25, -0.2) is 9.97 Å². The van der Waals surface area contributed by atoms with E-state index >= 15 is 0 Å². The summed E-state index contributed by atoms with van der Waals surface area (Å²) in [5, 5.41) is 3.96. The number of likely N-dealkylation sites (tertiary alicyclic amines) is 1. The van der Waals surface area contributed by atoms with Gasteiger partial charge in [0, 0.05) is 35.8 Å². The summed E-state index contributed by atoms with van der Waals surface area (Å²) in [6, 6.07) is 13.7. The topological polar surface area (TPSA) is 58.1 Å². The lowest BCUT2D eigenvalue weighted by Crippen LogP contribution is -2.58. The summed E-state index contributed by atoms with van der Waals surface area (Å²) >= 11 is 0. The van der Waals surface area contributed by atoms with Crippen LogP contribution in [0.3, 0.4) is 0 Å². The van der Waals surface area contributed by atoms with Crippen molar-refractivity contribution in [2.24, 2.45) is 5.41 Å². The Kier molecular flexibility index (Phi) is 4.23. The summed E-state index contributed by atoms with van der Waals surface area (Å²) in [5.74, 6) is 0.728. The summed E-state index contributed by atoms with van der Waals surface area (Å²) in [4.78, 5) is 24.4. The van der Waals surface area contributed by atoms with Gasteiger partial charge in [0.15, 0.2) is 0 Å². The summed E-state index contributed by atoms with van der Waals surface area (Å²) in [6.45, 7) is 4.23. The number of carbonyl (C=O) groups is 1. The second-order valence-electron chi connectivity index (χ2n) is 8.94. The first kappa shape index (κ1) is 17.8. The number of rotatable bonds is 3. The number of amides is 1. The van der Waals surface area contributed by atoms with Gasteiger partial charge < -0.3 is 10.2 Å². The lowest BCUT2D eigenvalue weighted by Gasteiger charge is -2.46. The van der Waals surface area contributed by atoms with E-state index < -0.39 is 0 Å². The molecule has 1 aromatic heterocycles. The first-order valence-electron chi connectivity index (χ1n) is 10.5. The van der Waals surface area contributed by atoms with Gasteiger partial charge in [0.05, 0.1) is 0 Å². The number of hydrogen-bond acceptors (Lipinski definition) is 4. The number of benzene rings is 1. The predicted octanol–water partition coefficient (Wildman–Crippen LogP) is 3.14. The third kappa shape index (κ3) is 2.75. The van der Waals surface area contributed by atoms with Crippen molar-refractivity contribution in [2.75, 3.05) is 0 Å². The van der Waals surface area contributed by atoms with Crippen molar-refractivity contribution in [3.05, 3.63) is 59.7 Å². The maximum atomic E-state index is 13.6. The van der Waals surface area contributed by atoms with Crippen LogP contribution in [0.1, 0.15) is 54.5 Å². The number of aryl methyl sites for hydroxylation is 1. The zero-order valence-electron chi connectivity index (χ0n) is 16.6. The quantitative estimate of drug-likeness (QED) is 0.894. The van der Waals surface area contributed by atoms with Crippen molar-refractivity contribution in [2.45, 2.75) is 70.1 Å². The van der Waals surface area contributed by atoms with Gasteiger partial charge in [-0.2, -0.15) is 0 Å². The van der Waals surface area contributed by atoms with Crippen LogP contribution in [-0.4, -0.2) is 44.9 Å². The average Bonchev–Trinajstić information content (AvgIpc) is 3.01. The molecule has 0 radical (unpaired) electrons. The van der Waals surface area contributed by atoms with Crippen molar-refractivity contribution in [1.82, 2.24) is 20.2 Å². The van der Waals surface area contributed by atoms with Crippen LogP contribution in [0.25, 0.3) is 0 Å². The summed E-state index contributed by atoms with van der Waals surface area (Å²) in [6.07, 6.45) is 7.22. The molecule has 5 atom stereocenters.